The average Bonchev–Trinajstić information content (AvgIpc) is 3.82. The van der Waals surface area contributed by atoms with Crippen molar-refractivity contribution in [2.75, 3.05) is 25.1 Å². The van der Waals surface area contributed by atoms with E-state index in [-0.39, 0.29) is 24.5 Å². The van der Waals surface area contributed by atoms with E-state index in [0.29, 0.717) is 55.8 Å². The summed E-state index contributed by atoms with van der Waals surface area (Å²) in [5, 5.41) is 12.0. The molecule has 3 aliphatic carbocycles. The van der Waals surface area contributed by atoms with Gasteiger partial charge in [0, 0.05) is 48.3 Å². The standard InChI is InChI=1S/C36H47N5O6/c1-22(42)19-38-36(44)47-29-12-10-27(11-13-29)35(43)41(33-18-28(16-17-37-33)31-21-46-34(40-31)26-8-9-26)20-24-4-6-25(7-5-24)30-14-15-32(45-3)23(2)39-30/h14-18,21-22,24-27,29,42H,4-13,19-20H2,1-3H3,(H,38,44)/t22?,24-,25-,27-,29-. The minimum Gasteiger partial charge on any atom is -0.495 e. The summed E-state index contributed by atoms with van der Waals surface area (Å²) in [7, 11) is 1.67. The number of hydrogen-bond acceptors (Lipinski definition) is 9. The van der Waals surface area contributed by atoms with Gasteiger partial charge >= 0.3 is 6.09 Å². The van der Waals surface area contributed by atoms with Gasteiger partial charge in [0.05, 0.1) is 18.9 Å². The van der Waals surface area contributed by atoms with Crippen LogP contribution in [0.1, 0.15) is 100 Å². The predicted molar refractivity (Wildman–Crippen MR) is 176 cm³/mol. The van der Waals surface area contributed by atoms with Gasteiger partial charge in [-0.1, -0.05) is 0 Å². The van der Waals surface area contributed by atoms with E-state index in [2.05, 4.69) is 11.4 Å². The van der Waals surface area contributed by atoms with Crippen LogP contribution < -0.4 is 15.0 Å². The Morgan fingerprint density at radius 3 is 2.45 bits per heavy atom. The smallest absolute Gasteiger partial charge is 0.407 e. The molecule has 252 valence electrons. The van der Waals surface area contributed by atoms with Crippen molar-refractivity contribution in [3.05, 3.63) is 54.0 Å². The first-order valence-electron chi connectivity index (χ1n) is 17.1. The monoisotopic (exact) mass is 645 g/mol. The van der Waals surface area contributed by atoms with Crippen LogP contribution in [0.5, 0.6) is 5.75 Å². The van der Waals surface area contributed by atoms with E-state index in [1.165, 1.54) is 0 Å². The molecule has 3 aliphatic rings. The number of oxazole rings is 1. The number of carbonyl (C=O) groups is 2. The zero-order valence-electron chi connectivity index (χ0n) is 27.7. The number of ether oxygens (including phenoxy) is 2. The van der Waals surface area contributed by atoms with Crippen LogP contribution in [-0.4, -0.2) is 64.5 Å². The van der Waals surface area contributed by atoms with Gasteiger partial charge in [0.1, 0.15) is 29.6 Å². The fourth-order valence-corrected chi connectivity index (χ4v) is 6.94. The third-order valence-electron chi connectivity index (χ3n) is 9.86. The summed E-state index contributed by atoms with van der Waals surface area (Å²) < 4.78 is 16.7. The second kappa shape index (κ2) is 14.8. The summed E-state index contributed by atoms with van der Waals surface area (Å²) in [6.07, 6.45) is 10.8. The fourth-order valence-electron chi connectivity index (χ4n) is 6.94. The number of aliphatic hydroxyl groups excluding tert-OH is 1. The maximum absolute atomic E-state index is 14.3. The molecule has 0 bridgehead atoms. The molecule has 0 spiro atoms. The van der Waals surface area contributed by atoms with Crippen LogP contribution >= 0.6 is 0 Å². The molecular formula is C36H47N5O6. The largest absolute Gasteiger partial charge is 0.495 e. The number of alkyl carbamates (subject to hydrolysis) is 1. The Kier molecular flexibility index (Phi) is 10.4. The summed E-state index contributed by atoms with van der Waals surface area (Å²) in [4.78, 5) is 42.6. The molecule has 6 rings (SSSR count). The molecule has 3 aromatic heterocycles. The van der Waals surface area contributed by atoms with Crippen LogP contribution in [0.2, 0.25) is 0 Å². The van der Waals surface area contributed by atoms with Gasteiger partial charge in [-0.25, -0.2) is 14.8 Å². The number of methoxy groups -OCH3 is 1. The second-order valence-electron chi connectivity index (χ2n) is 13.5. The summed E-state index contributed by atoms with van der Waals surface area (Å²) in [6.45, 7) is 4.33. The third kappa shape index (κ3) is 8.30. The van der Waals surface area contributed by atoms with Crippen LogP contribution in [0.4, 0.5) is 10.6 Å². The molecule has 1 unspecified atom stereocenters. The molecule has 2 amide bonds. The van der Waals surface area contributed by atoms with E-state index < -0.39 is 12.2 Å². The normalized spacial score (nSPS) is 23.5. The Hall–Kier alpha value is -3.99. The topological polar surface area (TPSA) is 140 Å². The Labute approximate surface area is 276 Å². The van der Waals surface area contributed by atoms with E-state index >= 15 is 0 Å². The zero-order valence-corrected chi connectivity index (χ0v) is 27.7. The molecule has 11 heteroatoms. The highest BCUT2D eigenvalue weighted by atomic mass is 16.6. The van der Waals surface area contributed by atoms with Gasteiger partial charge in [-0.3, -0.25) is 14.7 Å². The molecule has 11 nitrogen and oxygen atoms in total. The second-order valence-corrected chi connectivity index (χ2v) is 13.5. The maximum atomic E-state index is 14.3. The summed E-state index contributed by atoms with van der Waals surface area (Å²) in [6, 6.07) is 7.97. The van der Waals surface area contributed by atoms with Crippen LogP contribution in [-0.2, 0) is 9.53 Å². The van der Waals surface area contributed by atoms with E-state index in [1.807, 2.05) is 30.0 Å². The number of aromatic nitrogens is 3. The lowest BCUT2D eigenvalue weighted by Gasteiger charge is -2.35. The van der Waals surface area contributed by atoms with Crippen molar-refractivity contribution in [2.45, 2.75) is 102 Å². The highest BCUT2D eigenvalue weighted by molar-refractivity contribution is 5.94. The lowest BCUT2D eigenvalue weighted by Crippen LogP contribution is -2.43. The highest BCUT2D eigenvalue weighted by Crippen LogP contribution is 2.41. The Morgan fingerprint density at radius 2 is 1.77 bits per heavy atom. The first kappa shape index (κ1) is 32.9. The number of hydrogen-bond donors (Lipinski definition) is 2. The Morgan fingerprint density at radius 1 is 1.02 bits per heavy atom. The van der Waals surface area contributed by atoms with Gasteiger partial charge in [-0.2, -0.15) is 0 Å². The number of nitrogens with one attached hydrogen (secondary N) is 1. The van der Waals surface area contributed by atoms with Gasteiger partial charge in [0.25, 0.3) is 0 Å². The SMILES string of the molecule is COc1ccc([C@H]2CC[C@H](CN(c3cc(-c4coc(C5CC5)n4)ccn3)C(=O)[C@H]3CC[C@H](OC(=O)NCC(C)O)CC3)CC2)nc1C. The quantitative estimate of drug-likeness (QED) is 0.246. The molecule has 3 heterocycles. The third-order valence-corrected chi connectivity index (χ3v) is 9.86. The number of amides is 2. The van der Waals surface area contributed by atoms with Crippen molar-refractivity contribution < 1.29 is 28.6 Å². The molecule has 0 aromatic carbocycles. The van der Waals surface area contributed by atoms with Crippen molar-refractivity contribution in [1.29, 1.82) is 0 Å². The van der Waals surface area contributed by atoms with E-state index in [0.717, 1.165) is 72.8 Å². The molecule has 1 atom stereocenters. The Bertz CT molecular complexity index is 1520. The number of nitrogens with zero attached hydrogens (tertiary/aromatic N) is 4. The lowest BCUT2D eigenvalue weighted by atomic mass is 9.79. The van der Waals surface area contributed by atoms with Crippen LogP contribution in [0.25, 0.3) is 11.3 Å². The molecule has 2 N–H and O–H groups in total. The van der Waals surface area contributed by atoms with Gasteiger partial charge in [-0.15, -0.1) is 0 Å². The summed E-state index contributed by atoms with van der Waals surface area (Å²) in [5.74, 6) is 3.25. The summed E-state index contributed by atoms with van der Waals surface area (Å²) in [5.41, 5.74) is 3.66. The Balaban J connectivity index is 1.14. The van der Waals surface area contributed by atoms with Crippen molar-refractivity contribution in [3.63, 3.8) is 0 Å². The molecular weight excluding hydrogens is 598 g/mol. The zero-order chi connectivity index (χ0) is 32.9. The first-order valence-corrected chi connectivity index (χ1v) is 17.1. The molecule has 0 radical (unpaired) electrons. The minimum atomic E-state index is -0.642. The number of aryl methyl sites for hydroxylation is 1. The lowest BCUT2D eigenvalue weighted by molar-refractivity contribution is -0.124. The van der Waals surface area contributed by atoms with Gasteiger partial charge in [0.15, 0.2) is 5.89 Å². The van der Waals surface area contributed by atoms with Crippen molar-refractivity contribution in [3.8, 4) is 17.0 Å². The number of aliphatic hydroxyl groups is 1. The molecule has 0 saturated heterocycles. The number of rotatable bonds is 11. The fraction of sp³-hybridized carbons (Fsp3) is 0.583. The molecule has 3 fully saturated rings. The minimum absolute atomic E-state index is 0.0695. The van der Waals surface area contributed by atoms with Crippen LogP contribution in [0.3, 0.4) is 0 Å². The number of anilines is 1. The van der Waals surface area contributed by atoms with E-state index in [4.69, 9.17) is 28.8 Å². The number of pyridine rings is 2. The molecule has 3 aromatic rings. The first-order chi connectivity index (χ1) is 22.8. The molecule has 47 heavy (non-hydrogen) atoms. The van der Waals surface area contributed by atoms with Gasteiger partial charge in [0.2, 0.25) is 5.91 Å². The number of carbonyl (C=O) groups excluding carboxylic acids is 2. The van der Waals surface area contributed by atoms with Gasteiger partial charge < -0.3 is 24.3 Å². The van der Waals surface area contributed by atoms with Crippen molar-refractivity contribution in [1.82, 2.24) is 20.3 Å². The average molecular weight is 646 g/mol. The van der Waals surface area contributed by atoms with Crippen LogP contribution in [0, 0.1) is 18.8 Å². The molecule has 3 saturated carbocycles. The van der Waals surface area contributed by atoms with Crippen molar-refractivity contribution in [2.24, 2.45) is 11.8 Å². The maximum Gasteiger partial charge on any atom is 0.407 e. The van der Waals surface area contributed by atoms with Gasteiger partial charge in [-0.05, 0) is 108 Å². The van der Waals surface area contributed by atoms with E-state index in [1.54, 1.807) is 26.5 Å². The van der Waals surface area contributed by atoms with Crippen molar-refractivity contribution >= 4 is 17.8 Å². The summed E-state index contributed by atoms with van der Waals surface area (Å²) >= 11 is 0. The predicted octanol–water partition coefficient (Wildman–Crippen LogP) is 6.30. The van der Waals surface area contributed by atoms with Crippen LogP contribution in [0.15, 0.2) is 41.1 Å². The highest BCUT2D eigenvalue weighted by Gasteiger charge is 2.35. The van der Waals surface area contributed by atoms with E-state index in [9.17, 15) is 14.7 Å². The molecule has 0 aliphatic heterocycles.